The highest BCUT2D eigenvalue weighted by Gasteiger charge is 2.44. The van der Waals surface area contributed by atoms with Gasteiger partial charge in [0.1, 0.15) is 0 Å². The number of carbonyl (C=O) groups is 2. The number of carbonyl (C=O) groups excluding carboxylic acids is 2. The lowest BCUT2D eigenvalue weighted by Crippen LogP contribution is -2.24. The molecule has 0 radical (unpaired) electrons. The van der Waals surface area contributed by atoms with E-state index in [0.717, 1.165) is 23.3 Å². The van der Waals surface area contributed by atoms with Gasteiger partial charge in [-0.2, -0.15) is 13.2 Å². The average molecular weight is 377 g/mol. The first-order valence-electron chi connectivity index (χ1n) is 8.41. The highest BCUT2D eigenvalue weighted by Crippen LogP contribution is 2.48. The van der Waals surface area contributed by atoms with Crippen molar-refractivity contribution in [2.24, 2.45) is 5.92 Å². The van der Waals surface area contributed by atoms with E-state index in [1.165, 1.54) is 19.2 Å². The lowest BCUT2D eigenvalue weighted by Gasteiger charge is -2.08. The molecule has 0 bridgehead atoms. The van der Waals surface area contributed by atoms with Crippen LogP contribution in [0.1, 0.15) is 39.4 Å². The SMILES string of the molecule is COC(=O)c1ccc(CNC(=O)C2CC2c2ccc(C(F)(F)F)cc2)cc1. The molecule has 27 heavy (non-hydrogen) atoms. The molecule has 2 aromatic carbocycles. The summed E-state index contributed by atoms with van der Waals surface area (Å²) in [5.74, 6) is -0.829. The lowest BCUT2D eigenvalue weighted by molar-refractivity contribution is -0.137. The molecule has 1 fully saturated rings. The molecule has 142 valence electrons. The van der Waals surface area contributed by atoms with E-state index in [-0.39, 0.29) is 17.7 Å². The van der Waals surface area contributed by atoms with Crippen molar-refractivity contribution in [3.05, 3.63) is 70.8 Å². The number of methoxy groups -OCH3 is 1. The summed E-state index contributed by atoms with van der Waals surface area (Å²) in [6.07, 6.45) is -3.74. The molecule has 2 unspecified atom stereocenters. The van der Waals surface area contributed by atoms with Crippen molar-refractivity contribution in [2.45, 2.75) is 25.1 Å². The highest BCUT2D eigenvalue weighted by molar-refractivity contribution is 5.89. The number of benzene rings is 2. The van der Waals surface area contributed by atoms with Gasteiger partial charge < -0.3 is 10.1 Å². The molecule has 1 aliphatic carbocycles. The number of ether oxygens (including phenoxy) is 1. The van der Waals surface area contributed by atoms with Crippen LogP contribution in [0.3, 0.4) is 0 Å². The van der Waals surface area contributed by atoms with Gasteiger partial charge in [0.15, 0.2) is 0 Å². The Morgan fingerprint density at radius 3 is 2.26 bits per heavy atom. The van der Waals surface area contributed by atoms with E-state index in [4.69, 9.17) is 0 Å². The molecule has 2 atom stereocenters. The number of alkyl halides is 3. The van der Waals surface area contributed by atoms with E-state index in [2.05, 4.69) is 10.1 Å². The molecule has 0 heterocycles. The Hall–Kier alpha value is -2.83. The standard InChI is InChI=1S/C20H18F3NO3/c1-27-19(26)14-4-2-12(3-5-14)11-24-18(25)17-10-16(17)13-6-8-15(9-7-13)20(21,22)23/h2-9,16-17H,10-11H2,1H3,(H,24,25). The first-order valence-corrected chi connectivity index (χ1v) is 8.41. The lowest BCUT2D eigenvalue weighted by atomic mass is 10.1. The molecule has 0 spiro atoms. The van der Waals surface area contributed by atoms with Crippen LogP contribution in [0, 0.1) is 5.92 Å². The van der Waals surface area contributed by atoms with E-state index in [1.54, 1.807) is 24.3 Å². The van der Waals surface area contributed by atoms with Crippen molar-refractivity contribution >= 4 is 11.9 Å². The van der Waals surface area contributed by atoms with Gasteiger partial charge in [0, 0.05) is 12.5 Å². The summed E-state index contributed by atoms with van der Waals surface area (Å²) in [7, 11) is 1.30. The van der Waals surface area contributed by atoms with E-state index >= 15 is 0 Å². The van der Waals surface area contributed by atoms with Crippen LogP contribution < -0.4 is 5.32 Å². The summed E-state index contributed by atoms with van der Waals surface area (Å²) in [5.41, 5.74) is 1.31. The molecular weight excluding hydrogens is 359 g/mol. The number of hydrogen-bond acceptors (Lipinski definition) is 3. The quantitative estimate of drug-likeness (QED) is 0.804. The van der Waals surface area contributed by atoms with Crippen molar-refractivity contribution in [1.82, 2.24) is 5.32 Å². The maximum Gasteiger partial charge on any atom is 0.416 e. The van der Waals surface area contributed by atoms with Crippen LogP contribution in [0.5, 0.6) is 0 Å². The molecule has 0 aliphatic heterocycles. The van der Waals surface area contributed by atoms with Gasteiger partial charge >= 0.3 is 12.1 Å². The first-order chi connectivity index (χ1) is 12.8. The minimum Gasteiger partial charge on any atom is -0.465 e. The van der Waals surface area contributed by atoms with Gasteiger partial charge in [0.2, 0.25) is 5.91 Å². The molecule has 4 nitrogen and oxygen atoms in total. The largest absolute Gasteiger partial charge is 0.465 e. The van der Waals surface area contributed by atoms with Crippen LogP contribution >= 0.6 is 0 Å². The van der Waals surface area contributed by atoms with Gasteiger partial charge in [-0.25, -0.2) is 4.79 Å². The summed E-state index contributed by atoms with van der Waals surface area (Å²) < 4.78 is 42.4. The summed E-state index contributed by atoms with van der Waals surface area (Å²) in [5, 5.41) is 2.82. The third-order valence-electron chi connectivity index (χ3n) is 4.64. The van der Waals surface area contributed by atoms with Gasteiger partial charge in [0.05, 0.1) is 18.2 Å². The molecule has 7 heteroatoms. The molecule has 1 amide bonds. The van der Waals surface area contributed by atoms with Crippen molar-refractivity contribution < 1.29 is 27.5 Å². The van der Waals surface area contributed by atoms with Crippen LogP contribution in [0.4, 0.5) is 13.2 Å². The zero-order valence-corrected chi connectivity index (χ0v) is 14.5. The third kappa shape index (κ3) is 4.48. The predicted molar refractivity (Wildman–Crippen MR) is 91.9 cm³/mol. The molecule has 1 N–H and O–H groups in total. The van der Waals surface area contributed by atoms with Crippen LogP contribution in [0.15, 0.2) is 48.5 Å². The summed E-state index contributed by atoms with van der Waals surface area (Å²) in [6.45, 7) is 0.316. The van der Waals surface area contributed by atoms with Crippen molar-refractivity contribution in [1.29, 1.82) is 0 Å². The number of rotatable bonds is 5. The fourth-order valence-electron chi connectivity index (χ4n) is 2.97. The number of hydrogen-bond donors (Lipinski definition) is 1. The Bertz CT molecular complexity index is 829. The van der Waals surface area contributed by atoms with Gasteiger partial charge in [-0.1, -0.05) is 24.3 Å². The van der Waals surface area contributed by atoms with Gasteiger partial charge in [-0.05, 0) is 47.7 Å². The van der Waals surface area contributed by atoms with E-state index in [1.807, 2.05) is 0 Å². The molecule has 1 saturated carbocycles. The predicted octanol–water partition coefficient (Wildman–Crippen LogP) is 3.91. The minimum absolute atomic E-state index is 0.0472. The smallest absolute Gasteiger partial charge is 0.416 e. The Labute approximate surface area is 154 Å². The zero-order valence-electron chi connectivity index (χ0n) is 14.5. The van der Waals surface area contributed by atoms with Crippen LogP contribution in [0.25, 0.3) is 0 Å². The number of halogens is 3. The minimum atomic E-state index is -4.36. The Morgan fingerprint density at radius 2 is 1.70 bits per heavy atom. The second-order valence-corrected chi connectivity index (χ2v) is 6.47. The Kier molecular flexibility index (Phi) is 5.21. The summed E-state index contributed by atoms with van der Waals surface area (Å²) in [6, 6.07) is 11.7. The molecule has 3 rings (SSSR count). The fourth-order valence-corrected chi connectivity index (χ4v) is 2.97. The zero-order chi connectivity index (χ0) is 19.6. The molecule has 1 aliphatic rings. The summed E-state index contributed by atoms with van der Waals surface area (Å²) >= 11 is 0. The molecule has 2 aromatic rings. The third-order valence-corrected chi connectivity index (χ3v) is 4.64. The van der Waals surface area contributed by atoms with E-state index in [0.29, 0.717) is 18.5 Å². The summed E-state index contributed by atoms with van der Waals surface area (Å²) in [4.78, 5) is 23.6. The second kappa shape index (κ2) is 7.42. The molecular formula is C20H18F3NO3. The number of nitrogens with one attached hydrogen (secondary N) is 1. The molecule has 0 saturated heterocycles. The van der Waals surface area contributed by atoms with E-state index in [9.17, 15) is 22.8 Å². The Balaban J connectivity index is 1.52. The highest BCUT2D eigenvalue weighted by atomic mass is 19.4. The topological polar surface area (TPSA) is 55.4 Å². The maximum atomic E-state index is 12.6. The second-order valence-electron chi connectivity index (χ2n) is 6.47. The monoisotopic (exact) mass is 377 g/mol. The maximum absolute atomic E-state index is 12.6. The molecule has 0 aromatic heterocycles. The van der Waals surface area contributed by atoms with Gasteiger partial charge in [0.25, 0.3) is 0 Å². The number of esters is 1. The van der Waals surface area contributed by atoms with Gasteiger partial charge in [-0.15, -0.1) is 0 Å². The number of amides is 1. The van der Waals surface area contributed by atoms with Crippen LogP contribution in [0.2, 0.25) is 0 Å². The van der Waals surface area contributed by atoms with E-state index < -0.39 is 17.7 Å². The van der Waals surface area contributed by atoms with Gasteiger partial charge in [-0.3, -0.25) is 4.79 Å². The fraction of sp³-hybridized carbons (Fsp3) is 0.300. The average Bonchev–Trinajstić information content (AvgIpc) is 3.46. The Morgan fingerprint density at radius 1 is 1.07 bits per heavy atom. The first kappa shape index (κ1) is 18.9. The van der Waals surface area contributed by atoms with Crippen LogP contribution in [-0.2, 0) is 22.3 Å². The normalized spacial score (nSPS) is 18.7. The van der Waals surface area contributed by atoms with Crippen LogP contribution in [-0.4, -0.2) is 19.0 Å². The van der Waals surface area contributed by atoms with Crippen molar-refractivity contribution in [3.63, 3.8) is 0 Å². The van der Waals surface area contributed by atoms with Crippen molar-refractivity contribution in [2.75, 3.05) is 7.11 Å². The van der Waals surface area contributed by atoms with Crippen molar-refractivity contribution in [3.8, 4) is 0 Å².